The van der Waals surface area contributed by atoms with E-state index in [9.17, 15) is 4.79 Å². The van der Waals surface area contributed by atoms with Crippen molar-refractivity contribution in [3.05, 3.63) is 28.9 Å². The number of hydrogen-bond donors (Lipinski definition) is 2. The van der Waals surface area contributed by atoms with Gasteiger partial charge < -0.3 is 5.11 Å². The number of nitrogens with one attached hydrogen (secondary N) is 1. The minimum absolute atomic E-state index is 0.572. The number of aromatic nitrogens is 2. The van der Waals surface area contributed by atoms with Crippen molar-refractivity contribution >= 4 is 28.5 Å². The van der Waals surface area contributed by atoms with Crippen LogP contribution in [0.3, 0.4) is 0 Å². The number of carboxylic acid groups (broad SMARTS) is 1. The highest BCUT2D eigenvalue weighted by atomic mass is 35.5. The first kappa shape index (κ1) is 9.98. The summed E-state index contributed by atoms with van der Waals surface area (Å²) >= 11 is 5.84. The Morgan fingerprint density at radius 3 is 3.00 bits per heavy atom. The number of rotatable bonds is 2. The van der Waals surface area contributed by atoms with Gasteiger partial charge in [-0.3, -0.25) is 9.89 Å². The molecule has 1 heterocycles. The maximum Gasteiger partial charge on any atom is 0.312 e. The van der Waals surface area contributed by atoms with Gasteiger partial charge in [0.2, 0.25) is 0 Å². The highest BCUT2D eigenvalue weighted by Gasteiger charge is 2.18. The first-order chi connectivity index (χ1) is 7.09. The SMILES string of the molecule is CC(C(=O)O)c1[nH]nc2ccc(Cl)cc12. The Bertz CT molecular complexity index is 521. The van der Waals surface area contributed by atoms with E-state index in [0.717, 1.165) is 10.9 Å². The summed E-state index contributed by atoms with van der Waals surface area (Å²) in [6, 6.07) is 5.20. The number of aliphatic carboxylic acids is 1. The molecule has 1 unspecified atom stereocenters. The Balaban J connectivity index is 2.61. The lowest BCUT2D eigenvalue weighted by atomic mass is 10.0. The first-order valence-corrected chi connectivity index (χ1v) is 4.83. The van der Waals surface area contributed by atoms with E-state index in [1.165, 1.54) is 0 Å². The highest BCUT2D eigenvalue weighted by Crippen LogP contribution is 2.25. The molecule has 0 amide bonds. The zero-order chi connectivity index (χ0) is 11.0. The van der Waals surface area contributed by atoms with Crippen molar-refractivity contribution in [2.24, 2.45) is 0 Å². The zero-order valence-electron chi connectivity index (χ0n) is 7.99. The predicted molar refractivity (Wildman–Crippen MR) is 57.2 cm³/mol. The molecule has 78 valence electrons. The summed E-state index contributed by atoms with van der Waals surface area (Å²) in [4.78, 5) is 10.8. The van der Waals surface area contributed by atoms with Crippen LogP contribution in [-0.2, 0) is 4.79 Å². The second kappa shape index (κ2) is 3.55. The Morgan fingerprint density at radius 1 is 1.60 bits per heavy atom. The van der Waals surface area contributed by atoms with Crippen LogP contribution in [0, 0.1) is 0 Å². The smallest absolute Gasteiger partial charge is 0.312 e. The second-order valence-electron chi connectivity index (χ2n) is 3.36. The van der Waals surface area contributed by atoms with Gasteiger partial charge in [-0.15, -0.1) is 0 Å². The fourth-order valence-electron chi connectivity index (χ4n) is 1.46. The molecule has 0 saturated carbocycles. The third kappa shape index (κ3) is 1.68. The largest absolute Gasteiger partial charge is 0.481 e. The maximum atomic E-state index is 10.8. The lowest BCUT2D eigenvalue weighted by Gasteiger charge is -2.03. The van der Waals surface area contributed by atoms with E-state index >= 15 is 0 Å². The van der Waals surface area contributed by atoms with Crippen molar-refractivity contribution in [1.82, 2.24) is 10.2 Å². The summed E-state index contributed by atoms with van der Waals surface area (Å²) in [5.74, 6) is -1.51. The van der Waals surface area contributed by atoms with Gasteiger partial charge in [0.1, 0.15) is 0 Å². The van der Waals surface area contributed by atoms with Crippen molar-refractivity contribution in [1.29, 1.82) is 0 Å². The first-order valence-electron chi connectivity index (χ1n) is 4.46. The minimum Gasteiger partial charge on any atom is -0.481 e. The Labute approximate surface area is 90.9 Å². The van der Waals surface area contributed by atoms with Gasteiger partial charge in [0, 0.05) is 10.4 Å². The number of hydrogen-bond acceptors (Lipinski definition) is 2. The summed E-state index contributed by atoms with van der Waals surface area (Å²) in [6.07, 6.45) is 0. The van der Waals surface area contributed by atoms with E-state index in [1.807, 2.05) is 0 Å². The molecule has 0 radical (unpaired) electrons. The van der Waals surface area contributed by atoms with E-state index in [1.54, 1.807) is 25.1 Å². The molecule has 4 nitrogen and oxygen atoms in total. The molecule has 5 heteroatoms. The molecule has 15 heavy (non-hydrogen) atoms. The van der Waals surface area contributed by atoms with Crippen LogP contribution in [0.15, 0.2) is 18.2 Å². The minimum atomic E-state index is -0.888. The fraction of sp³-hybridized carbons (Fsp3) is 0.200. The maximum absolute atomic E-state index is 10.8. The summed E-state index contributed by atoms with van der Waals surface area (Å²) in [5, 5.41) is 17.0. The molecule has 0 bridgehead atoms. The molecular formula is C10H9ClN2O2. The summed E-state index contributed by atoms with van der Waals surface area (Å²) in [6.45, 7) is 1.61. The molecule has 0 spiro atoms. The number of nitrogens with zero attached hydrogens (tertiary/aromatic N) is 1. The van der Waals surface area contributed by atoms with Crippen molar-refractivity contribution in [3.8, 4) is 0 Å². The average Bonchev–Trinajstić information content (AvgIpc) is 2.59. The van der Waals surface area contributed by atoms with Gasteiger partial charge in [-0.2, -0.15) is 5.10 Å². The molecule has 1 aromatic heterocycles. The monoisotopic (exact) mass is 224 g/mol. The molecule has 2 N–H and O–H groups in total. The number of benzene rings is 1. The molecule has 0 saturated heterocycles. The third-order valence-corrected chi connectivity index (χ3v) is 2.58. The van der Waals surface area contributed by atoms with E-state index in [2.05, 4.69) is 10.2 Å². The lowest BCUT2D eigenvalue weighted by Crippen LogP contribution is -2.08. The lowest BCUT2D eigenvalue weighted by molar-refractivity contribution is -0.138. The van der Waals surface area contributed by atoms with Crippen molar-refractivity contribution < 1.29 is 9.90 Å². The zero-order valence-corrected chi connectivity index (χ0v) is 8.75. The Morgan fingerprint density at radius 2 is 2.33 bits per heavy atom. The van der Waals surface area contributed by atoms with Crippen LogP contribution in [-0.4, -0.2) is 21.3 Å². The van der Waals surface area contributed by atoms with Crippen molar-refractivity contribution in [3.63, 3.8) is 0 Å². The fourth-order valence-corrected chi connectivity index (χ4v) is 1.63. The number of aromatic amines is 1. The molecule has 2 aromatic rings. The standard InChI is InChI=1S/C10H9ClN2O2/c1-5(10(14)15)9-7-4-6(11)2-3-8(7)12-13-9/h2-5H,1H3,(H,12,13)(H,14,15). The van der Waals surface area contributed by atoms with Gasteiger partial charge in [0.05, 0.1) is 17.1 Å². The number of fused-ring (bicyclic) bond motifs is 1. The van der Waals surface area contributed by atoms with Gasteiger partial charge in [-0.1, -0.05) is 11.6 Å². The molecule has 0 aliphatic heterocycles. The number of carboxylic acids is 1. The van der Waals surface area contributed by atoms with Gasteiger partial charge in [0.15, 0.2) is 0 Å². The number of carbonyl (C=O) groups is 1. The topological polar surface area (TPSA) is 66.0 Å². The third-order valence-electron chi connectivity index (χ3n) is 2.35. The van der Waals surface area contributed by atoms with Crippen LogP contribution < -0.4 is 0 Å². The summed E-state index contributed by atoms with van der Waals surface area (Å²) in [5.41, 5.74) is 1.31. The molecule has 2 rings (SSSR count). The van der Waals surface area contributed by atoms with Crippen LogP contribution in [0.5, 0.6) is 0 Å². The second-order valence-corrected chi connectivity index (χ2v) is 3.80. The van der Waals surface area contributed by atoms with Gasteiger partial charge in [-0.25, -0.2) is 0 Å². The summed E-state index contributed by atoms with van der Waals surface area (Å²) in [7, 11) is 0. The number of H-pyrrole nitrogens is 1. The molecule has 0 aliphatic rings. The summed E-state index contributed by atoms with van der Waals surface area (Å²) < 4.78 is 0. The van der Waals surface area contributed by atoms with E-state index in [-0.39, 0.29) is 0 Å². The van der Waals surface area contributed by atoms with Crippen LogP contribution in [0.4, 0.5) is 0 Å². The van der Waals surface area contributed by atoms with Crippen LogP contribution in [0.1, 0.15) is 18.5 Å². The molecule has 0 fully saturated rings. The van der Waals surface area contributed by atoms with Crippen LogP contribution in [0.2, 0.25) is 5.02 Å². The molecule has 1 atom stereocenters. The van der Waals surface area contributed by atoms with Crippen molar-refractivity contribution in [2.75, 3.05) is 0 Å². The van der Waals surface area contributed by atoms with Crippen molar-refractivity contribution in [2.45, 2.75) is 12.8 Å². The normalized spacial score (nSPS) is 12.9. The molecular weight excluding hydrogens is 216 g/mol. The van der Waals surface area contributed by atoms with Gasteiger partial charge in [-0.05, 0) is 25.1 Å². The van der Waals surface area contributed by atoms with E-state index < -0.39 is 11.9 Å². The van der Waals surface area contributed by atoms with E-state index in [4.69, 9.17) is 16.7 Å². The molecule has 0 aliphatic carbocycles. The van der Waals surface area contributed by atoms with Gasteiger partial charge in [0.25, 0.3) is 0 Å². The Kier molecular flexibility index (Phi) is 2.36. The predicted octanol–water partition coefficient (Wildman–Crippen LogP) is 2.40. The van der Waals surface area contributed by atoms with Crippen LogP contribution in [0.25, 0.3) is 10.9 Å². The van der Waals surface area contributed by atoms with E-state index in [0.29, 0.717) is 10.7 Å². The van der Waals surface area contributed by atoms with Crippen LogP contribution >= 0.6 is 11.6 Å². The number of halogens is 1. The quantitative estimate of drug-likeness (QED) is 0.823. The van der Waals surface area contributed by atoms with Gasteiger partial charge >= 0.3 is 5.97 Å². The highest BCUT2D eigenvalue weighted by molar-refractivity contribution is 6.31. The average molecular weight is 225 g/mol. The Hall–Kier alpha value is -1.55. The molecule has 1 aromatic carbocycles.